The lowest BCUT2D eigenvalue weighted by molar-refractivity contribution is 0.541. The van der Waals surface area contributed by atoms with E-state index in [1.807, 2.05) is 39.8 Å². The van der Waals surface area contributed by atoms with Crippen molar-refractivity contribution in [1.29, 1.82) is 0 Å². The van der Waals surface area contributed by atoms with Gasteiger partial charge < -0.3 is 0 Å². The van der Waals surface area contributed by atoms with Gasteiger partial charge in [0.15, 0.2) is 0 Å². The fourth-order valence-electron chi connectivity index (χ4n) is 0.836. The lowest BCUT2D eigenvalue weighted by Gasteiger charge is -1.86. The third kappa shape index (κ3) is 4.38. The maximum Gasteiger partial charge on any atom is 0.382 e. The summed E-state index contributed by atoms with van der Waals surface area (Å²) in [4.78, 5) is 1.20. The van der Waals surface area contributed by atoms with Crippen molar-refractivity contribution in [1.82, 2.24) is 0 Å². The molecule has 0 aliphatic heterocycles. The first-order valence-electron chi connectivity index (χ1n) is 4.92. The highest BCUT2D eigenvalue weighted by molar-refractivity contribution is 7.12. The Kier molecular flexibility index (Phi) is 7.03. The molecule has 1 aromatic heterocycles. The van der Waals surface area contributed by atoms with Gasteiger partial charge in [-0.2, -0.15) is 0 Å². The first-order valence-corrected chi connectivity index (χ1v) is 5.74. The molecule has 78 valence electrons. The molecule has 0 fully saturated rings. The predicted molar refractivity (Wildman–Crippen MR) is 65.5 cm³/mol. The molecule has 0 saturated carbocycles. The molecule has 0 unspecified atom stereocenters. The van der Waals surface area contributed by atoms with Gasteiger partial charge in [-0.3, -0.25) is 0 Å². The molecule has 1 aromatic rings. The van der Waals surface area contributed by atoms with Crippen molar-refractivity contribution in [3.05, 3.63) is 34.4 Å². The van der Waals surface area contributed by atoms with Crippen LogP contribution in [0, 0.1) is 6.92 Å². The van der Waals surface area contributed by atoms with Crippen molar-refractivity contribution in [3.63, 3.8) is 0 Å². The molecule has 0 saturated heterocycles. The Morgan fingerprint density at radius 1 is 1.43 bits per heavy atom. The minimum Gasteiger partial charge on any atom is -0.208 e. The Bertz CT molecular complexity index is 308. The summed E-state index contributed by atoms with van der Waals surface area (Å²) >= 11 is 1.68. The lowest BCUT2D eigenvalue weighted by atomic mass is 10.2. The first-order chi connectivity index (χ1) is 6.74. The summed E-state index contributed by atoms with van der Waals surface area (Å²) in [5.41, 5.74) is 1.25. The van der Waals surface area contributed by atoms with Crippen LogP contribution in [0.5, 0.6) is 0 Å². The summed E-state index contributed by atoms with van der Waals surface area (Å²) < 4.78 is 5.22. The third-order valence-electron chi connectivity index (χ3n) is 1.51. The fraction of sp³-hybridized carbons (Fsp3) is 0.417. The van der Waals surface area contributed by atoms with Crippen molar-refractivity contribution in [3.8, 4) is 0 Å². The van der Waals surface area contributed by atoms with Crippen LogP contribution in [0.15, 0.2) is 28.9 Å². The number of aryl methyl sites for hydroxylation is 1. The predicted octanol–water partition coefficient (Wildman–Crippen LogP) is 4.94. The van der Waals surface area contributed by atoms with E-state index in [1.165, 1.54) is 10.5 Å². The highest BCUT2D eigenvalue weighted by Crippen LogP contribution is 2.22. The van der Waals surface area contributed by atoms with Crippen LogP contribution in [-0.4, -0.2) is 0 Å². The van der Waals surface area contributed by atoms with Gasteiger partial charge in [0, 0.05) is 0 Å². The summed E-state index contributed by atoms with van der Waals surface area (Å²) in [5, 5.41) is 0.998. The molecule has 1 rings (SSSR count). The van der Waals surface area contributed by atoms with Gasteiger partial charge >= 0.3 is 11.3 Å². The second-order valence-corrected chi connectivity index (χ2v) is 3.79. The third-order valence-corrected chi connectivity index (χ3v) is 2.53. The standard InChI is InChI=1S/C10H13OS.C2H6/c1-4-5-6-8(2)10-7-11-9(3)12-10;1-2/h4-7H,1-3H3;1-2H3/q+1;/b5-4-,8-6+;. The zero-order chi connectivity index (χ0) is 11.0. The minimum atomic E-state index is 0.998. The lowest BCUT2D eigenvalue weighted by Crippen LogP contribution is -1.67. The second-order valence-electron chi connectivity index (χ2n) is 2.57. The largest absolute Gasteiger partial charge is 0.382 e. The van der Waals surface area contributed by atoms with Gasteiger partial charge in [0.1, 0.15) is 4.88 Å². The molecule has 0 aromatic carbocycles. The summed E-state index contributed by atoms with van der Waals surface area (Å²) in [6.45, 7) is 10.1. The quantitative estimate of drug-likeness (QED) is 0.498. The van der Waals surface area contributed by atoms with E-state index in [1.54, 1.807) is 17.6 Å². The van der Waals surface area contributed by atoms with E-state index < -0.39 is 0 Å². The maximum atomic E-state index is 5.22. The minimum absolute atomic E-state index is 0.998. The summed E-state index contributed by atoms with van der Waals surface area (Å²) in [6, 6.07) is 0. The fourth-order valence-corrected chi connectivity index (χ4v) is 1.57. The van der Waals surface area contributed by atoms with Crippen LogP contribution in [0.4, 0.5) is 0 Å². The molecule has 2 heteroatoms. The summed E-state index contributed by atoms with van der Waals surface area (Å²) in [5.74, 6) is 0. The molecule has 14 heavy (non-hydrogen) atoms. The van der Waals surface area contributed by atoms with Crippen LogP contribution in [-0.2, 0) is 0 Å². The van der Waals surface area contributed by atoms with Crippen LogP contribution in [0.25, 0.3) is 5.57 Å². The Morgan fingerprint density at radius 2 is 2.07 bits per heavy atom. The monoisotopic (exact) mass is 211 g/mol. The second kappa shape index (κ2) is 7.51. The van der Waals surface area contributed by atoms with Crippen molar-refractivity contribution in [2.24, 2.45) is 0 Å². The average molecular weight is 211 g/mol. The highest BCUT2D eigenvalue weighted by atomic mass is 32.1. The first kappa shape index (κ1) is 13.1. The molecule has 0 amide bonds. The number of hydrogen-bond acceptors (Lipinski definition) is 1. The molecule has 0 atom stereocenters. The highest BCUT2D eigenvalue weighted by Gasteiger charge is 2.09. The Hall–Kier alpha value is -0.890. The molecule has 0 radical (unpaired) electrons. The molecule has 0 N–H and O–H groups in total. The van der Waals surface area contributed by atoms with Crippen molar-refractivity contribution in [2.75, 3.05) is 0 Å². The van der Waals surface area contributed by atoms with E-state index in [0.29, 0.717) is 0 Å². The molecule has 1 heterocycles. The van der Waals surface area contributed by atoms with E-state index in [2.05, 4.69) is 13.0 Å². The number of allylic oxidation sites excluding steroid dienone is 4. The van der Waals surface area contributed by atoms with Crippen LogP contribution in [0.2, 0.25) is 0 Å². The molecule has 1 nitrogen and oxygen atoms in total. The molecule has 0 bridgehead atoms. The van der Waals surface area contributed by atoms with Crippen LogP contribution in [0.1, 0.15) is 37.6 Å². The Labute approximate surface area is 90.8 Å². The SMILES string of the molecule is C/C=C\C=C(/C)c1c[o+]c(C)s1.CC. The Balaban J connectivity index is 0.000000791. The van der Waals surface area contributed by atoms with E-state index >= 15 is 0 Å². The molecular weight excluding hydrogens is 192 g/mol. The van der Waals surface area contributed by atoms with Crippen molar-refractivity contribution in [2.45, 2.75) is 34.6 Å². The summed E-state index contributed by atoms with van der Waals surface area (Å²) in [6.07, 6.45) is 7.93. The molecule has 0 aliphatic rings. The van der Waals surface area contributed by atoms with Gasteiger partial charge in [0.25, 0.3) is 0 Å². The van der Waals surface area contributed by atoms with Gasteiger partial charge in [0.2, 0.25) is 0 Å². The van der Waals surface area contributed by atoms with E-state index in [4.69, 9.17) is 4.42 Å². The van der Waals surface area contributed by atoms with Crippen LogP contribution in [0.3, 0.4) is 0 Å². The molecule has 0 aliphatic carbocycles. The number of hydrogen-bond donors (Lipinski definition) is 0. The van der Waals surface area contributed by atoms with Gasteiger partial charge in [-0.15, -0.1) is 0 Å². The molecular formula is C12H19OS+. The average Bonchev–Trinajstić information content (AvgIpc) is 2.64. The zero-order valence-electron chi connectivity index (χ0n) is 9.63. The normalized spacial score (nSPS) is 11.4. The van der Waals surface area contributed by atoms with Gasteiger partial charge in [-0.05, 0) is 30.8 Å². The summed E-state index contributed by atoms with van der Waals surface area (Å²) in [7, 11) is 0. The topological polar surface area (TPSA) is 11.3 Å². The van der Waals surface area contributed by atoms with E-state index in [9.17, 15) is 0 Å². The van der Waals surface area contributed by atoms with Crippen LogP contribution >= 0.6 is 11.3 Å². The van der Waals surface area contributed by atoms with Crippen molar-refractivity contribution >= 4 is 16.9 Å². The maximum absolute atomic E-state index is 5.22. The smallest absolute Gasteiger partial charge is 0.208 e. The van der Waals surface area contributed by atoms with E-state index in [0.717, 1.165) is 5.07 Å². The Morgan fingerprint density at radius 3 is 2.50 bits per heavy atom. The van der Waals surface area contributed by atoms with E-state index in [-0.39, 0.29) is 0 Å². The number of rotatable bonds is 2. The van der Waals surface area contributed by atoms with Crippen molar-refractivity contribution < 1.29 is 4.42 Å². The zero-order valence-corrected chi connectivity index (χ0v) is 10.4. The van der Waals surface area contributed by atoms with Gasteiger partial charge in [0.05, 0.1) is 6.92 Å². The molecule has 0 spiro atoms. The van der Waals surface area contributed by atoms with Crippen LogP contribution < -0.4 is 0 Å². The van der Waals surface area contributed by atoms with Gasteiger partial charge in [-0.1, -0.05) is 32.1 Å². The van der Waals surface area contributed by atoms with Gasteiger partial charge in [-0.25, -0.2) is 4.42 Å².